The van der Waals surface area contributed by atoms with Crippen LogP contribution in [-0.2, 0) is 14.8 Å². The molecule has 1 atom stereocenters. The number of anilines is 1. The lowest BCUT2D eigenvalue weighted by Gasteiger charge is -2.12. The van der Waals surface area contributed by atoms with Gasteiger partial charge in [-0.15, -0.1) is 0 Å². The minimum atomic E-state index is -3.97. The molecule has 1 heterocycles. The third-order valence-corrected chi connectivity index (χ3v) is 4.59. The molecule has 106 valence electrons. The standard InChI is InChI=1S/C11H14ClFN2O3S/c12-9-3-8(14)4-10(11(9)13)19(16,17)15-5-7-1-2-18-6-7/h3-4,7,15H,1-2,5-6,14H2. The van der Waals surface area contributed by atoms with Crippen molar-refractivity contribution in [3.05, 3.63) is 23.0 Å². The van der Waals surface area contributed by atoms with Gasteiger partial charge in [-0.2, -0.15) is 0 Å². The summed E-state index contributed by atoms with van der Waals surface area (Å²) in [5.74, 6) is -0.889. The quantitative estimate of drug-likeness (QED) is 0.823. The van der Waals surface area contributed by atoms with Gasteiger partial charge in [-0.3, -0.25) is 0 Å². The molecule has 0 radical (unpaired) electrons. The molecular weight excluding hydrogens is 295 g/mol. The molecule has 0 amide bonds. The number of sulfonamides is 1. The SMILES string of the molecule is Nc1cc(Cl)c(F)c(S(=O)(=O)NCC2CCOC2)c1. The van der Waals surface area contributed by atoms with Gasteiger partial charge in [0, 0.05) is 18.8 Å². The normalized spacial score (nSPS) is 19.8. The maximum Gasteiger partial charge on any atom is 0.243 e. The maximum absolute atomic E-state index is 13.7. The average molecular weight is 309 g/mol. The third-order valence-electron chi connectivity index (χ3n) is 2.89. The topological polar surface area (TPSA) is 81.4 Å². The first-order valence-corrected chi connectivity index (χ1v) is 7.58. The van der Waals surface area contributed by atoms with Crippen LogP contribution in [0.25, 0.3) is 0 Å². The lowest BCUT2D eigenvalue weighted by atomic mass is 10.1. The van der Waals surface area contributed by atoms with Gasteiger partial charge >= 0.3 is 0 Å². The molecule has 0 spiro atoms. The first-order valence-electron chi connectivity index (χ1n) is 5.72. The van der Waals surface area contributed by atoms with Crippen molar-refractivity contribution >= 4 is 27.3 Å². The molecule has 3 N–H and O–H groups in total. The smallest absolute Gasteiger partial charge is 0.243 e. The minimum Gasteiger partial charge on any atom is -0.399 e. The Kier molecular flexibility index (Phi) is 4.29. The molecule has 1 unspecified atom stereocenters. The number of halogens is 2. The number of hydrogen-bond acceptors (Lipinski definition) is 4. The number of benzene rings is 1. The van der Waals surface area contributed by atoms with Gasteiger partial charge in [-0.1, -0.05) is 11.6 Å². The highest BCUT2D eigenvalue weighted by atomic mass is 35.5. The molecule has 0 bridgehead atoms. The Morgan fingerprint density at radius 3 is 2.89 bits per heavy atom. The molecule has 5 nitrogen and oxygen atoms in total. The predicted molar refractivity (Wildman–Crippen MR) is 69.9 cm³/mol. The fourth-order valence-corrected chi connectivity index (χ4v) is 3.36. The molecular formula is C11H14ClFN2O3S. The third kappa shape index (κ3) is 3.36. The Morgan fingerprint density at radius 2 is 2.26 bits per heavy atom. The van der Waals surface area contributed by atoms with E-state index in [0.717, 1.165) is 12.5 Å². The van der Waals surface area contributed by atoms with Crippen LogP contribution in [0.5, 0.6) is 0 Å². The van der Waals surface area contributed by atoms with Gasteiger partial charge in [0.15, 0.2) is 5.82 Å². The molecule has 1 aromatic rings. The van der Waals surface area contributed by atoms with Crippen LogP contribution in [0, 0.1) is 11.7 Å². The number of rotatable bonds is 4. The van der Waals surface area contributed by atoms with Crippen molar-refractivity contribution in [2.45, 2.75) is 11.3 Å². The number of nitrogens with two attached hydrogens (primary N) is 1. The van der Waals surface area contributed by atoms with Crippen LogP contribution >= 0.6 is 11.6 Å². The predicted octanol–water partition coefficient (Wildman–Crippen LogP) is 1.38. The van der Waals surface area contributed by atoms with Crippen LogP contribution in [0.2, 0.25) is 5.02 Å². The summed E-state index contributed by atoms with van der Waals surface area (Å²) in [6, 6.07) is 2.22. The molecule has 19 heavy (non-hydrogen) atoms. The van der Waals surface area contributed by atoms with Gasteiger partial charge < -0.3 is 10.5 Å². The molecule has 0 saturated carbocycles. The van der Waals surface area contributed by atoms with Crippen molar-refractivity contribution in [2.24, 2.45) is 5.92 Å². The molecule has 1 fully saturated rings. The summed E-state index contributed by atoms with van der Waals surface area (Å²) in [5, 5.41) is -0.315. The highest BCUT2D eigenvalue weighted by Crippen LogP contribution is 2.25. The fraction of sp³-hybridized carbons (Fsp3) is 0.455. The van der Waals surface area contributed by atoms with E-state index < -0.39 is 20.7 Å². The number of nitrogen functional groups attached to an aromatic ring is 1. The van der Waals surface area contributed by atoms with Crippen molar-refractivity contribution in [3.63, 3.8) is 0 Å². The zero-order chi connectivity index (χ0) is 14.0. The summed E-state index contributed by atoms with van der Waals surface area (Å²) in [7, 11) is -3.97. The molecule has 2 rings (SSSR count). The largest absolute Gasteiger partial charge is 0.399 e. The first-order chi connectivity index (χ1) is 8.90. The van der Waals surface area contributed by atoms with Gasteiger partial charge in [0.1, 0.15) is 4.90 Å². The lowest BCUT2D eigenvalue weighted by Crippen LogP contribution is -2.30. The summed E-state index contributed by atoms with van der Waals surface area (Å²) < 4.78 is 45.3. The summed E-state index contributed by atoms with van der Waals surface area (Å²) in [5.41, 5.74) is 5.57. The Morgan fingerprint density at radius 1 is 1.53 bits per heavy atom. The lowest BCUT2D eigenvalue weighted by molar-refractivity contribution is 0.186. The fourth-order valence-electron chi connectivity index (χ4n) is 1.83. The van der Waals surface area contributed by atoms with E-state index in [9.17, 15) is 12.8 Å². The summed E-state index contributed by atoms with van der Waals surface area (Å²) in [6.07, 6.45) is 0.780. The second kappa shape index (κ2) is 5.62. The molecule has 1 aliphatic heterocycles. The Labute approximate surface area is 115 Å². The maximum atomic E-state index is 13.7. The average Bonchev–Trinajstić information content (AvgIpc) is 2.84. The minimum absolute atomic E-state index is 0.0935. The van der Waals surface area contributed by atoms with Gasteiger partial charge in [0.05, 0.1) is 11.6 Å². The summed E-state index contributed by atoms with van der Waals surface area (Å²) in [6.45, 7) is 1.32. The summed E-state index contributed by atoms with van der Waals surface area (Å²) in [4.78, 5) is -0.531. The van der Waals surface area contributed by atoms with Crippen LogP contribution in [0.15, 0.2) is 17.0 Å². The molecule has 1 aromatic carbocycles. The van der Waals surface area contributed by atoms with E-state index in [0.29, 0.717) is 13.2 Å². The van der Waals surface area contributed by atoms with Gasteiger partial charge in [-0.25, -0.2) is 17.5 Å². The van der Waals surface area contributed by atoms with E-state index in [2.05, 4.69) is 4.72 Å². The number of hydrogen-bond donors (Lipinski definition) is 2. The Balaban J connectivity index is 2.19. The van der Waals surface area contributed by atoms with E-state index >= 15 is 0 Å². The molecule has 1 aliphatic rings. The van der Waals surface area contributed by atoms with Crippen LogP contribution in [0.3, 0.4) is 0 Å². The van der Waals surface area contributed by atoms with Crippen LogP contribution in [0.4, 0.5) is 10.1 Å². The first kappa shape index (κ1) is 14.5. The second-order valence-corrected chi connectivity index (χ2v) is 6.54. The van der Waals surface area contributed by atoms with Crippen LogP contribution in [-0.4, -0.2) is 28.2 Å². The van der Waals surface area contributed by atoms with Crippen molar-refractivity contribution in [3.8, 4) is 0 Å². The van der Waals surface area contributed by atoms with E-state index in [1.807, 2.05) is 0 Å². The van der Waals surface area contributed by atoms with Crippen molar-refractivity contribution in [1.29, 1.82) is 0 Å². The molecule has 1 saturated heterocycles. The molecule has 8 heteroatoms. The Hall–Kier alpha value is -0.890. The molecule has 0 aromatic heterocycles. The van der Waals surface area contributed by atoms with E-state index in [-0.39, 0.29) is 23.2 Å². The van der Waals surface area contributed by atoms with Crippen molar-refractivity contribution in [1.82, 2.24) is 4.72 Å². The Bertz CT molecular complexity index is 574. The second-order valence-electron chi connectivity index (χ2n) is 4.40. The summed E-state index contributed by atoms with van der Waals surface area (Å²) >= 11 is 5.59. The van der Waals surface area contributed by atoms with Crippen LogP contribution < -0.4 is 10.5 Å². The zero-order valence-corrected chi connectivity index (χ0v) is 11.6. The van der Waals surface area contributed by atoms with Crippen molar-refractivity contribution in [2.75, 3.05) is 25.5 Å². The van der Waals surface area contributed by atoms with E-state index in [4.69, 9.17) is 22.1 Å². The number of ether oxygens (including phenoxy) is 1. The van der Waals surface area contributed by atoms with E-state index in [1.54, 1.807) is 0 Å². The zero-order valence-electron chi connectivity index (χ0n) is 10.0. The number of nitrogens with one attached hydrogen (secondary N) is 1. The van der Waals surface area contributed by atoms with Crippen LogP contribution in [0.1, 0.15) is 6.42 Å². The highest BCUT2D eigenvalue weighted by molar-refractivity contribution is 7.89. The highest BCUT2D eigenvalue weighted by Gasteiger charge is 2.24. The van der Waals surface area contributed by atoms with Crippen molar-refractivity contribution < 1.29 is 17.5 Å². The van der Waals surface area contributed by atoms with Gasteiger partial charge in [-0.05, 0) is 24.5 Å². The van der Waals surface area contributed by atoms with Gasteiger partial charge in [0.25, 0.3) is 0 Å². The monoisotopic (exact) mass is 308 g/mol. The van der Waals surface area contributed by atoms with Gasteiger partial charge in [0.2, 0.25) is 10.0 Å². The van der Waals surface area contributed by atoms with E-state index in [1.165, 1.54) is 6.07 Å². The molecule has 0 aliphatic carbocycles.